The van der Waals surface area contributed by atoms with Crippen molar-refractivity contribution in [2.24, 2.45) is 0 Å². The van der Waals surface area contributed by atoms with Gasteiger partial charge in [-0.15, -0.1) is 0 Å². The second-order valence-corrected chi connectivity index (χ2v) is 10.9. The second-order valence-electron chi connectivity index (χ2n) is 9.37. The van der Waals surface area contributed by atoms with E-state index in [4.69, 9.17) is 23.2 Å². The quantitative estimate of drug-likeness (QED) is 0.337. The van der Waals surface area contributed by atoms with Gasteiger partial charge < -0.3 is 15.1 Å². The summed E-state index contributed by atoms with van der Waals surface area (Å²) < 4.78 is 0. The minimum absolute atomic E-state index is 0.109. The normalized spacial score (nSPS) is 15.2. The number of pyridine rings is 1. The Kier molecular flexibility index (Phi) is 9.90. The highest BCUT2D eigenvalue weighted by Crippen LogP contribution is 2.24. The molecule has 1 fully saturated rings. The molecule has 3 aromatic rings. The zero-order chi connectivity index (χ0) is 27.1. The van der Waals surface area contributed by atoms with Crippen molar-refractivity contribution in [2.45, 2.75) is 51.7 Å². The maximum Gasteiger partial charge on any atom is 0.323 e. The predicted molar refractivity (Wildman–Crippen MR) is 151 cm³/mol. The van der Waals surface area contributed by atoms with E-state index in [1.54, 1.807) is 42.9 Å². The SMILES string of the molecule is Cc1cc(Cl)nc(Cl)c1C(=O)NCCC(C)N1CCC(N(Cc2ccsc2)C(=O)Nc2cnccn2)CC1. The fourth-order valence-electron chi connectivity index (χ4n) is 4.66. The first-order valence-corrected chi connectivity index (χ1v) is 14.2. The van der Waals surface area contributed by atoms with E-state index in [0.717, 1.165) is 37.9 Å². The van der Waals surface area contributed by atoms with Crippen LogP contribution in [0, 0.1) is 6.92 Å². The van der Waals surface area contributed by atoms with E-state index in [-0.39, 0.29) is 34.3 Å². The number of urea groups is 1. The number of likely N-dealkylation sites (tertiary alicyclic amines) is 1. The van der Waals surface area contributed by atoms with E-state index >= 15 is 0 Å². The largest absolute Gasteiger partial charge is 0.352 e. The Morgan fingerprint density at radius 1 is 1.26 bits per heavy atom. The maximum absolute atomic E-state index is 13.2. The van der Waals surface area contributed by atoms with Gasteiger partial charge in [0.25, 0.3) is 5.91 Å². The topological polar surface area (TPSA) is 103 Å². The van der Waals surface area contributed by atoms with Gasteiger partial charge in [0.05, 0.1) is 11.8 Å². The first-order chi connectivity index (χ1) is 18.3. The molecule has 1 atom stereocenters. The molecule has 0 aromatic carbocycles. The molecule has 1 aliphatic rings. The molecule has 9 nitrogen and oxygen atoms in total. The van der Waals surface area contributed by atoms with Crippen molar-refractivity contribution >= 4 is 52.3 Å². The number of nitrogens with one attached hydrogen (secondary N) is 2. The molecule has 2 N–H and O–H groups in total. The number of piperidine rings is 1. The van der Waals surface area contributed by atoms with Crippen LogP contribution in [-0.2, 0) is 6.54 Å². The van der Waals surface area contributed by atoms with E-state index in [9.17, 15) is 9.59 Å². The van der Waals surface area contributed by atoms with Gasteiger partial charge in [0.1, 0.15) is 10.3 Å². The van der Waals surface area contributed by atoms with Crippen LogP contribution in [0.1, 0.15) is 47.7 Å². The minimum Gasteiger partial charge on any atom is -0.352 e. The van der Waals surface area contributed by atoms with Gasteiger partial charge in [-0.1, -0.05) is 23.2 Å². The smallest absolute Gasteiger partial charge is 0.323 e. The minimum atomic E-state index is -0.249. The molecule has 3 amide bonds. The Balaban J connectivity index is 1.29. The molecule has 12 heteroatoms. The lowest BCUT2D eigenvalue weighted by Crippen LogP contribution is -2.50. The van der Waals surface area contributed by atoms with Gasteiger partial charge in [0.15, 0.2) is 5.82 Å². The number of nitrogens with zero attached hydrogens (tertiary/aromatic N) is 5. The van der Waals surface area contributed by atoms with Crippen molar-refractivity contribution in [3.63, 3.8) is 0 Å². The zero-order valence-electron chi connectivity index (χ0n) is 21.4. The van der Waals surface area contributed by atoms with Crippen LogP contribution in [0.25, 0.3) is 0 Å². The van der Waals surface area contributed by atoms with E-state index in [2.05, 4.69) is 42.8 Å². The lowest BCUT2D eigenvalue weighted by atomic mass is 10.0. The molecule has 0 saturated carbocycles. The average Bonchev–Trinajstić information content (AvgIpc) is 3.41. The third kappa shape index (κ3) is 7.41. The summed E-state index contributed by atoms with van der Waals surface area (Å²) in [5, 5.41) is 10.3. The molecule has 0 aliphatic carbocycles. The Morgan fingerprint density at radius 3 is 2.71 bits per heavy atom. The van der Waals surface area contributed by atoms with Crippen LogP contribution in [0.4, 0.5) is 10.6 Å². The summed E-state index contributed by atoms with van der Waals surface area (Å²) in [7, 11) is 0. The fourth-order valence-corrected chi connectivity index (χ4v) is 5.94. The standard InChI is InChI=1S/C26H31Cl2N7O2S/c1-17-13-21(27)32-24(28)23(17)25(36)31-7-3-18(2)34-10-4-20(5-11-34)35(15-19-6-12-38-16-19)26(37)33-22-14-29-8-9-30-22/h6,8-9,12-14,16,18,20H,3-5,7,10-11,15H2,1-2H3,(H,31,36)(H,30,33,37). The number of amides is 3. The lowest BCUT2D eigenvalue weighted by Gasteiger charge is -2.40. The van der Waals surface area contributed by atoms with Gasteiger partial charge in [-0.05, 0) is 67.1 Å². The van der Waals surface area contributed by atoms with Crippen molar-refractivity contribution < 1.29 is 9.59 Å². The van der Waals surface area contributed by atoms with Crippen LogP contribution in [0.15, 0.2) is 41.5 Å². The summed E-state index contributed by atoms with van der Waals surface area (Å²) in [4.78, 5) is 42.4. The molecule has 202 valence electrons. The van der Waals surface area contributed by atoms with E-state index in [1.807, 2.05) is 16.3 Å². The molecule has 1 saturated heterocycles. The summed E-state index contributed by atoms with van der Waals surface area (Å²) in [6, 6.07) is 3.89. The van der Waals surface area contributed by atoms with E-state index < -0.39 is 0 Å². The number of hydrogen-bond donors (Lipinski definition) is 2. The molecule has 1 aliphatic heterocycles. The maximum atomic E-state index is 13.2. The van der Waals surface area contributed by atoms with Crippen LogP contribution in [-0.4, -0.2) is 68.4 Å². The van der Waals surface area contributed by atoms with Crippen molar-refractivity contribution in [3.8, 4) is 0 Å². The Bertz CT molecular complexity index is 1200. The molecular weight excluding hydrogens is 545 g/mol. The van der Waals surface area contributed by atoms with Crippen LogP contribution in [0.2, 0.25) is 10.3 Å². The highest BCUT2D eigenvalue weighted by molar-refractivity contribution is 7.07. The van der Waals surface area contributed by atoms with Crippen LogP contribution in [0.5, 0.6) is 0 Å². The number of carbonyl (C=O) groups excluding carboxylic acids is 2. The third-order valence-electron chi connectivity index (χ3n) is 6.77. The molecular formula is C26H31Cl2N7O2S. The number of aromatic nitrogens is 3. The number of thiophene rings is 1. The lowest BCUT2D eigenvalue weighted by molar-refractivity contribution is 0.0919. The van der Waals surface area contributed by atoms with Crippen LogP contribution in [0.3, 0.4) is 0 Å². The van der Waals surface area contributed by atoms with Crippen molar-refractivity contribution in [1.29, 1.82) is 0 Å². The molecule has 1 unspecified atom stereocenters. The molecule has 0 bridgehead atoms. The summed E-state index contributed by atoms with van der Waals surface area (Å²) in [5.74, 6) is 0.188. The number of halogens is 2. The highest BCUT2D eigenvalue weighted by Gasteiger charge is 2.30. The number of aryl methyl sites for hydroxylation is 1. The monoisotopic (exact) mass is 575 g/mol. The first-order valence-electron chi connectivity index (χ1n) is 12.5. The van der Waals surface area contributed by atoms with Gasteiger partial charge in [0.2, 0.25) is 0 Å². The van der Waals surface area contributed by atoms with Gasteiger partial charge >= 0.3 is 6.03 Å². The van der Waals surface area contributed by atoms with Crippen LogP contribution < -0.4 is 10.6 Å². The highest BCUT2D eigenvalue weighted by atomic mass is 35.5. The van der Waals surface area contributed by atoms with Gasteiger partial charge in [-0.2, -0.15) is 11.3 Å². The molecule has 4 heterocycles. The van der Waals surface area contributed by atoms with Gasteiger partial charge in [0, 0.05) is 50.7 Å². The number of hydrogen-bond acceptors (Lipinski definition) is 7. The van der Waals surface area contributed by atoms with E-state index in [1.165, 1.54) is 0 Å². The van der Waals surface area contributed by atoms with Crippen molar-refractivity contribution in [1.82, 2.24) is 30.1 Å². The Hall–Kier alpha value is -2.79. The molecule has 4 rings (SSSR count). The molecule has 38 heavy (non-hydrogen) atoms. The Labute approximate surface area is 236 Å². The number of carbonyl (C=O) groups is 2. The Morgan fingerprint density at radius 2 is 2.05 bits per heavy atom. The van der Waals surface area contributed by atoms with Crippen molar-refractivity contribution in [2.75, 3.05) is 25.0 Å². The van der Waals surface area contributed by atoms with Crippen LogP contribution >= 0.6 is 34.5 Å². The summed E-state index contributed by atoms with van der Waals surface area (Å²) in [5.41, 5.74) is 2.16. The number of anilines is 1. The summed E-state index contributed by atoms with van der Waals surface area (Å²) in [6.07, 6.45) is 7.19. The predicted octanol–water partition coefficient (Wildman–Crippen LogP) is 5.26. The third-order valence-corrected chi connectivity index (χ3v) is 7.97. The average molecular weight is 577 g/mol. The second kappa shape index (κ2) is 13.3. The van der Waals surface area contributed by atoms with Gasteiger partial charge in [-0.3, -0.25) is 15.1 Å². The first kappa shape index (κ1) is 28.2. The van der Waals surface area contributed by atoms with Crippen molar-refractivity contribution in [3.05, 3.63) is 68.5 Å². The van der Waals surface area contributed by atoms with Gasteiger partial charge in [-0.25, -0.2) is 14.8 Å². The molecule has 0 radical (unpaired) electrons. The summed E-state index contributed by atoms with van der Waals surface area (Å²) >= 11 is 13.7. The molecule has 0 spiro atoms. The van der Waals surface area contributed by atoms with E-state index in [0.29, 0.717) is 30.0 Å². The fraction of sp³-hybridized carbons (Fsp3) is 0.423. The number of rotatable bonds is 9. The molecule has 3 aromatic heterocycles. The zero-order valence-corrected chi connectivity index (χ0v) is 23.7. The summed E-state index contributed by atoms with van der Waals surface area (Å²) in [6.45, 7) is 6.75.